The average Bonchev–Trinajstić information content (AvgIpc) is 2.45. The third kappa shape index (κ3) is 4.35. The first-order valence-electron chi connectivity index (χ1n) is 8.06. The number of carbonyl (C=O) groups is 2. The number of ether oxygens (including phenoxy) is 2. The molecule has 0 unspecified atom stereocenters. The molecule has 0 radical (unpaired) electrons. The van der Waals surface area contributed by atoms with Crippen molar-refractivity contribution in [3.8, 4) is 0 Å². The second-order valence-corrected chi connectivity index (χ2v) is 7.28. The molecule has 2 heterocycles. The number of hydrogen-bond acceptors (Lipinski definition) is 4. The van der Waals surface area contributed by atoms with Gasteiger partial charge in [0.05, 0.1) is 12.5 Å². The third-order valence-electron chi connectivity index (χ3n) is 4.52. The van der Waals surface area contributed by atoms with Crippen LogP contribution in [0.1, 0.15) is 40.0 Å². The molecule has 0 aromatic heterocycles. The molecule has 0 aliphatic carbocycles. The standard InChI is InChI=1S/C16H27NO5/c1-16(2,3)22-15(20)17-7-4-11(5-8-17)12-6-9-21-10-13(12)14(18)19/h11-13H,4-10H2,1-3H3,(H,18,19)/t12-,13-/m1/s1. The first kappa shape index (κ1) is 17.1. The highest BCUT2D eigenvalue weighted by Crippen LogP contribution is 2.35. The molecule has 0 saturated carbocycles. The second-order valence-electron chi connectivity index (χ2n) is 7.28. The summed E-state index contributed by atoms with van der Waals surface area (Å²) in [5, 5.41) is 9.34. The van der Waals surface area contributed by atoms with E-state index in [0.717, 1.165) is 19.3 Å². The number of piperidine rings is 1. The maximum Gasteiger partial charge on any atom is 0.410 e. The van der Waals surface area contributed by atoms with Crippen LogP contribution < -0.4 is 0 Å². The summed E-state index contributed by atoms with van der Waals surface area (Å²) in [5.41, 5.74) is -0.483. The van der Waals surface area contributed by atoms with Gasteiger partial charge in [0.2, 0.25) is 0 Å². The van der Waals surface area contributed by atoms with Gasteiger partial charge in [-0.25, -0.2) is 4.79 Å². The van der Waals surface area contributed by atoms with E-state index in [1.54, 1.807) is 4.90 Å². The van der Waals surface area contributed by atoms with Crippen molar-refractivity contribution >= 4 is 12.1 Å². The molecule has 126 valence electrons. The molecule has 22 heavy (non-hydrogen) atoms. The molecule has 2 aliphatic rings. The molecule has 0 spiro atoms. The largest absolute Gasteiger partial charge is 0.481 e. The lowest BCUT2D eigenvalue weighted by atomic mass is 9.74. The summed E-state index contributed by atoms with van der Waals surface area (Å²) in [4.78, 5) is 25.2. The molecule has 6 heteroatoms. The van der Waals surface area contributed by atoms with Crippen LogP contribution in [0, 0.1) is 17.8 Å². The van der Waals surface area contributed by atoms with Crippen molar-refractivity contribution in [3.05, 3.63) is 0 Å². The van der Waals surface area contributed by atoms with Crippen LogP contribution in [0.3, 0.4) is 0 Å². The highest BCUT2D eigenvalue weighted by Gasteiger charge is 2.39. The Morgan fingerprint density at radius 2 is 1.82 bits per heavy atom. The fraction of sp³-hybridized carbons (Fsp3) is 0.875. The Hall–Kier alpha value is -1.30. The summed E-state index contributed by atoms with van der Waals surface area (Å²) >= 11 is 0. The van der Waals surface area contributed by atoms with Crippen molar-refractivity contribution in [2.75, 3.05) is 26.3 Å². The third-order valence-corrected chi connectivity index (χ3v) is 4.52. The Morgan fingerprint density at radius 3 is 2.36 bits per heavy atom. The Bertz CT molecular complexity index is 409. The zero-order chi connectivity index (χ0) is 16.3. The van der Waals surface area contributed by atoms with Crippen molar-refractivity contribution in [3.63, 3.8) is 0 Å². The van der Waals surface area contributed by atoms with Gasteiger partial charge in [-0.1, -0.05) is 0 Å². The molecule has 2 rings (SSSR count). The number of amides is 1. The summed E-state index contributed by atoms with van der Waals surface area (Å²) < 4.78 is 10.7. The summed E-state index contributed by atoms with van der Waals surface area (Å²) in [5.74, 6) is -0.665. The normalized spacial score (nSPS) is 27.5. The molecule has 2 aliphatic heterocycles. The number of hydrogen-bond donors (Lipinski definition) is 1. The van der Waals surface area contributed by atoms with Crippen molar-refractivity contribution in [2.45, 2.75) is 45.6 Å². The molecule has 1 N–H and O–H groups in total. The van der Waals surface area contributed by atoms with E-state index in [4.69, 9.17) is 9.47 Å². The van der Waals surface area contributed by atoms with E-state index in [-0.39, 0.29) is 12.0 Å². The highest BCUT2D eigenvalue weighted by atomic mass is 16.6. The Morgan fingerprint density at radius 1 is 1.18 bits per heavy atom. The Kier molecular flexibility index (Phi) is 5.32. The van der Waals surface area contributed by atoms with Crippen molar-refractivity contribution in [1.29, 1.82) is 0 Å². The first-order chi connectivity index (χ1) is 10.3. The summed E-state index contributed by atoms with van der Waals surface area (Å²) in [6.07, 6.45) is 2.21. The van der Waals surface area contributed by atoms with Gasteiger partial charge in [-0.3, -0.25) is 4.79 Å². The highest BCUT2D eigenvalue weighted by molar-refractivity contribution is 5.70. The molecule has 0 aromatic rings. The molecule has 2 atom stereocenters. The van der Waals surface area contributed by atoms with Crippen LogP contribution in [-0.4, -0.2) is 54.0 Å². The van der Waals surface area contributed by atoms with E-state index in [2.05, 4.69) is 0 Å². The minimum absolute atomic E-state index is 0.159. The molecule has 6 nitrogen and oxygen atoms in total. The van der Waals surface area contributed by atoms with Gasteiger partial charge in [-0.05, 0) is 51.9 Å². The zero-order valence-corrected chi connectivity index (χ0v) is 13.7. The number of likely N-dealkylation sites (tertiary alicyclic amines) is 1. The second kappa shape index (κ2) is 6.86. The molecule has 2 fully saturated rings. The lowest BCUT2D eigenvalue weighted by Crippen LogP contribution is -2.45. The molecular formula is C16H27NO5. The number of carboxylic acid groups (broad SMARTS) is 1. The van der Waals surface area contributed by atoms with Crippen LogP contribution in [-0.2, 0) is 14.3 Å². The summed E-state index contributed by atoms with van der Waals surface area (Å²) in [6, 6.07) is 0. The van der Waals surface area contributed by atoms with Crippen LogP contribution in [0.25, 0.3) is 0 Å². The van der Waals surface area contributed by atoms with Crippen molar-refractivity contribution in [1.82, 2.24) is 4.90 Å². The van der Waals surface area contributed by atoms with E-state index >= 15 is 0 Å². The average molecular weight is 313 g/mol. The predicted octanol–water partition coefficient (Wildman–Crippen LogP) is 2.37. The van der Waals surface area contributed by atoms with Gasteiger partial charge in [0.1, 0.15) is 5.60 Å². The Balaban J connectivity index is 1.88. The molecular weight excluding hydrogens is 286 g/mol. The van der Waals surface area contributed by atoms with E-state index in [1.807, 2.05) is 20.8 Å². The van der Waals surface area contributed by atoms with Crippen LogP contribution >= 0.6 is 0 Å². The summed E-state index contributed by atoms with van der Waals surface area (Å²) in [6.45, 7) is 7.81. The van der Waals surface area contributed by atoms with Gasteiger partial charge >= 0.3 is 12.1 Å². The number of nitrogens with zero attached hydrogens (tertiary/aromatic N) is 1. The van der Waals surface area contributed by atoms with Crippen LogP contribution in [0.5, 0.6) is 0 Å². The lowest BCUT2D eigenvalue weighted by Gasteiger charge is -2.40. The van der Waals surface area contributed by atoms with Crippen LogP contribution in [0.2, 0.25) is 0 Å². The fourth-order valence-electron chi connectivity index (χ4n) is 3.41. The minimum Gasteiger partial charge on any atom is -0.481 e. The molecule has 2 saturated heterocycles. The molecule has 0 bridgehead atoms. The van der Waals surface area contributed by atoms with Gasteiger partial charge in [-0.15, -0.1) is 0 Å². The maximum atomic E-state index is 12.1. The number of aliphatic carboxylic acids is 1. The molecule has 1 amide bonds. The number of rotatable bonds is 2. The van der Waals surface area contributed by atoms with Gasteiger partial charge in [-0.2, -0.15) is 0 Å². The molecule has 0 aromatic carbocycles. The van der Waals surface area contributed by atoms with E-state index < -0.39 is 17.5 Å². The lowest BCUT2D eigenvalue weighted by molar-refractivity contribution is -0.151. The monoisotopic (exact) mass is 313 g/mol. The predicted molar refractivity (Wildman–Crippen MR) is 80.6 cm³/mol. The van der Waals surface area contributed by atoms with Crippen molar-refractivity contribution < 1.29 is 24.2 Å². The summed E-state index contributed by atoms with van der Waals surface area (Å²) in [7, 11) is 0. The van der Waals surface area contributed by atoms with E-state index in [9.17, 15) is 14.7 Å². The Labute approximate surface area is 131 Å². The van der Waals surface area contributed by atoms with Gasteiger partial charge in [0.15, 0.2) is 0 Å². The maximum absolute atomic E-state index is 12.1. The van der Waals surface area contributed by atoms with E-state index in [1.165, 1.54) is 0 Å². The van der Waals surface area contributed by atoms with Gasteiger partial charge in [0, 0.05) is 19.7 Å². The number of carboxylic acids is 1. The van der Waals surface area contributed by atoms with Gasteiger partial charge < -0.3 is 19.5 Å². The van der Waals surface area contributed by atoms with Crippen LogP contribution in [0.4, 0.5) is 4.79 Å². The van der Waals surface area contributed by atoms with Gasteiger partial charge in [0.25, 0.3) is 0 Å². The number of carbonyl (C=O) groups excluding carboxylic acids is 1. The first-order valence-corrected chi connectivity index (χ1v) is 8.06. The topological polar surface area (TPSA) is 76.1 Å². The quantitative estimate of drug-likeness (QED) is 0.847. The SMILES string of the molecule is CC(C)(C)OC(=O)N1CCC([C@H]2CCOC[C@H]2C(=O)O)CC1. The zero-order valence-electron chi connectivity index (χ0n) is 13.7. The van der Waals surface area contributed by atoms with Crippen molar-refractivity contribution in [2.24, 2.45) is 17.8 Å². The van der Waals surface area contributed by atoms with E-state index in [0.29, 0.717) is 32.2 Å². The van der Waals surface area contributed by atoms with Crippen LogP contribution in [0.15, 0.2) is 0 Å². The smallest absolute Gasteiger partial charge is 0.410 e. The fourth-order valence-corrected chi connectivity index (χ4v) is 3.41. The minimum atomic E-state index is -0.765.